The fraction of sp³-hybridized carbons (Fsp3) is 0.733. The number of nitrogens with zero attached hydrogens (tertiary/aromatic N) is 2. The standard InChI is InChI=1S/C15H22F3N3OS.ClH/c1-21(8-12-20-11(9-23-12)15(16,17)18)13(22)7-14(10-19)5-3-2-4-6-14;/h9H,2-8,10,19H2,1H3;1H. The smallest absolute Gasteiger partial charge is 0.339 e. The molecule has 138 valence electrons. The molecule has 0 unspecified atom stereocenters. The van der Waals surface area contributed by atoms with Gasteiger partial charge in [0.15, 0.2) is 5.69 Å². The van der Waals surface area contributed by atoms with E-state index in [-0.39, 0.29) is 30.3 Å². The molecule has 0 aromatic carbocycles. The average molecular weight is 386 g/mol. The first kappa shape index (κ1) is 21.2. The van der Waals surface area contributed by atoms with Gasteiger partial charge in [0.05, 0.1) is 6.54 Å². The van der Waals surface area contributed by atoms with Crippen molar-refractivity contribution in [3.05, 3.63) is 16.1 Å². The van der Waals surface area contributed by atoms with Crippen LogP contribution in [0.4, 0.5) is 13.2 Å². The Hall–Kier alpha value is -0.860. The third kappa shape index (κ3) is 5.32. The predicted octanol–water partition coefficient (Wildman–Crippen LogP) is 3.84. The molecule has 9 heteroatoms. The van der Waals surface area contributed by atoms with Crippen molar-refractivity contribution in [2.75, 3.05) is 13.6 Å². The van der Waals surface area contributed by atoms with E-state index in [1.807, 2.05) is 0 Å². The molecule has 1 aromatic rings. The van der Waals surface area contributed by atoms with Gasteiger partial charge in [-0.05, 0) is 24.8 Å². The van der Waals surface area contributed by atoms with Gasteiger partial charge in [0.2, 0.25) is 5.91 Å². The lowest BCUT2D eigenvalue weighted by molar-refractivity contribution is -0.140. The largest absolute Gasteiger partial charge is 0.434 e. The zero-order valence-corrected chi connectivity index (χ0v) is 15.2. The Balaban J connectivity index is 0.00000288. The van der Waals surface area contributed by atoms with E-state index in [9.17, 15) is 18.0 Å². The van der Waals surface area contributed by atoms with Crippen LogP contribution in [-0.2, 0) is 17.5 Å². The van der Waals surface area contributed by atoms with Crippen LogP contribution < -0.4 is 5.73 Å². The minimum atomic E-state index is -4.44. The second-order valence-electron chi connectivity index (χ2n) is 6.32. The van der Waals surface area contributed by atoms with Crippen LogP contribution in [0.25, 0.3) is 0 Å². The van der Waals surface area contributed by atoms with E-state index in [1.54, 1.807) is 7.05 Å². The van der Waals surface area contributed by atoms with Crippen LogP contribution in [-0.4, -0.2) is 29.4 Å². The van der Waals surface area contributed by atoms with Crippen LogP contribution >= 0.6 is 23.7 Å². The number of alkyl halides is 3. The lowest BCUT2D eigenvalue weighted by Crippen LogP contribution is -2.39. The Labute approximate surface area is 150 Å². The first-order valence-corrected chi connectivity index (χ1v) is 8.59. The van der Waals surface area contributed by atoms with E-state index in [1.165, 1.54) is 11.3 Å². The summed E-state index contributed by atoms with van der Waals surface area (Å²) in [4.78, 5) is 17.4. The van der Waals surface area contributed by atoms with Gasteiger partial charge in [0.25, 0.3) is 0 Å². The average Bonchev–Trinajstić information content (AvgIpc) is 2.97. The highest BCUT2D eigenvalue weighted by atomic mass is 35.5. The molecule has 1 saturated carbocycles. The topological polar surface area (TPSA) is 59.2 Å². The van der Waals surface area contributed by atoms with E-state index < -0.39 is 11.9 Å². The molecular formula is C15H23ClF3N3OS. The van der Waals surface area contributed by atoms with Gasteiger partial charge in [-0.25, -0.2) is 4.98 Å². The second kappa shape index (κ2) is 8.49. The zero-order chi connectivity index (χ0) is 17.1. The quantitative estimate of drug-likeness (QED) is 0.837. The Morgan fingerprint density at radius 2 is 2.00 bits per heavy atom. The van der Waals surface area contributed by atoms with Crippen LogP contribution in [0.15, 0.2) is 5.38 Å². The van der Waals surface area contributed by atoms with Crippen molar-refractivity contribution in [2.45, 2.75) is 51.2 Å². The molecule has 1 aliphatic rings. The zero-order valence-electron chi connectivity index (χ0n) is 13.6. The molecular weight excluding hydrogens is 363 g/mol. The van der Waals surface area contributed by atoms with E-state index >= 15 is 0 Å². The highest BCUT2D eigenvalue weighted by Crippen LogP contribution is 2.39. The van der Waals surface area contributed by atoms with Gasteiger partial charge in [0.1, 0.15) is 5.01 Å². The molecule has 24 heavy (non-hydrogen) atoms. The van der Waals surface area contributed by atoms with Crippen molar-refractivity contribution in [1.82, 2.24) is 9.88 Å². The normalized spacial score (nSPS) is 17.2. The molecule has 4 nitrogen and oxygen atoms in total. The summed E-state index contributed by atoms with van der Waals surface area (Å²) in [7, 11) is 1.60. The Morgan fingerprint density at radius 3 is 2.50 bits per heavy atom. The van der Waals surface area contributed by atoms with Gasteiger partial charge in [0, 0.05) is 18.8 Å². The number of rotatable bonds is 5. The lowest BCUT2D eigenvalue weighted by atomic mass is 9.71. The van der Waals surface area contributed by atoms with Crippen molar-refractivity contribution < 1.29 is 18.0 Å². The SMILES string of the molecule is CN(Cc1nc(C(F)(F)F)cs1)C(=O)CC1(CN)CCCCC1.Cl. The van der Waals surface area contributed by atoms with Gasteiger partial charge >= 0.3 is 6.18 Å². The molecule has 1 aliphatic carbocycles. The number of hydrogen-bond donors (Lipinski definition) is 1. The van der Waals surface area contributed by atoms with E-state index in [2.05, 4.69) is 4.98 Å². The number of halogens is 4. The maximum atomic E-state index is 12.6. The lowest BCUT2D eigenvalue weighted by Gasteiger charge is -2.36. The molecule has 0 atom stereocenters. The summed E-state index contributed by atoms with van der Waals surface area (Å²) in [5.41, 5.74) is 4.84. The Bertz CT molecular complexity index is 544. The minimum Gasteiger partial charge on any atom is -0.339 e. The first-order chi connectivity index (χ1) is 10.8. The van der Waals surface area contributed by atoms with Crippen molar-refractivity contribution in [2.24, 2.45) is 11.1 Å². The van der Waals surface area contributed by atoms with E-state index in [4.69, 9.17) is 5.73 Å². The fourth-order valence-corrected chi connectivity index (χ4v) is 3.87. The highest BCUT2D eigenvalue weighted by Gasteiger charge is 2.35. The molecule has 0 radical (unpaired) electrons. The van der Waals surface area contributed by atoms with Crippen LogP contribution in [0.5, 0.6) is 0 Å². The van der Waals surface area contributed by atoms with Crippen LogP contribution in [0.1, 0.15) is 49.2 Å². The van der Waals surface area contributed by atoms with Gasteiger partial charge in [-0.3, -0.25) is 4.79 Å². The monoisotopic (exact) mass is 385 g/mol. The molecule has 2 rings (SSSR count). The summed E-state index contributed by atoms with van der Waals surface area (Å²) in [5, 5.41) is 1.27. The van der Waals surface area contributed by atoms with Crippen molar-refractivity contribution in [3.8, 4) is 0 Å². The molecule has 1 amide bonds. The predicted molar refractivity (Wildman–Crippen MR) is 90.0 cm³/mol. The van der Waals surface area contributed by atoms with Gasteiger partial charge in [-0.15, -0.1) is 23.7 Å². The maximum Gasteiger partial charge on any atom is 0.434 e. The summed E-state index contributed by atoms with van der Waals surface area (Å²) in [6.45, 7) is 0.572. The summed E-state index contributed by atoms with van der Waals surface area (Å²) < 4.78 is 37.7. The molecule has 0 aliphatic heterocycles. The minimum absolute atomic E-state index is 0. The van der Waals surface area contributed by atoms with Gasteiger partial charge < -0.3 is 10.6 Å². The number of amides is 1. The third-order valence-corrected chi connectivity index (χ3v) is 5.35. The van der Waals surface area contributed by atoms with Gasteiger partial charge in [-0.1, -0.05) is 19.3 Å². The third-order valence-electron chi connectivity index (χ3n) is 4.51. The molecule has 1 aromatic heterocycles. The maximum absolute atomic E-state index is 12.6. The summed E-state index contributed by atoms with van der Waals surface area (Å²) in [6, 6.07) is 0. The van der Waals surface area contributed by atoms with Crippen molar-refractivity contribution >= 4 is 29.7 Å². The summed E-state index contributed by atoms with van der Waals surface area (Å²) in [6.07, 6.45) is 1.13. The van der Waals surface area contributed by atoms with Crippen molar-refractivity contribution in [1.29, 1.82) is 0 Å². The van der Waals surface area contributed by atoms with E-state index in [0.29, 0.717) is 18.0 Å². The van der Waals surface area contributed by atoms with Crippen molar-refractivity contribution in [3.63, 3.8) is 0 Å². The first-order valence-electron chi connectivity index (χ1n) is 7.71. The summed E-state index contributed by atoms with van der Waals surface area (Å²) in [5.74, 6) is -0.0823. The molecule has 0 spiro atoms. The second-order valence-corrected chi connectivity index (χ2v) is 7.26. The Kier molecular flexibility index (Phi) is 7.49. The molecule has 1 fully saturated rings. The summed E-state index contributed by atoms with van der Waals surface area (Å²) >= 11 is 0.923. The molecule has 1 heterocycles. The number of hydrogen-bond acceptors (Lipinski definition) is 4. The number of carbonyl (C=O) groups excluding carboxylic acids is 1. The van der Waals surface area contributed by atoms with Crippen LogP contribution in [0, 0.1) is 5.41 Å². The molecule has 2 N–H and O–H groups in total. The molecule has 0 saturated heterocycles. The number of thiazole rings is 1. The van der Waals surface area contributed by atoms with E-state index in [0.717, 1.165) is 42.4 Å². The number of carbonyl (C=O) groups is 1. The van der Waals surface area contributed by atoms with Gasteiger partial charge in [-0.2, -0.15) is 13.2 Å². The number of aromatic nitrogens is 1. The number of nitrogens with two attached hydrogens (primary N) is 1. The van der Waals surface area contributed by atoms with Crippen LogP contribution in [0.3, 0.4) is 0 Å². The molecule has 0 bridgehead atoms. The fourth-order valence-electron chi connectivity index (χ4n) is 3.02. The van der Waals surface area contributed by atoms with Crippen LogP contribution in [0.2, 0.25) is 0 Å². The highest BCUT2D eigenvalue weighted by molar-refractivity contribution is 7.09. The Morgan fingerprint density at radius 1 is 1.38 bits per heavy atom.